The maximum Gasteiger partial charge on any atom is 0.133 e. The molecule has 24 heavy (non-hydrogen) atoms. The molecule has 0 spiro atoms. The normalized spacial score (nSPS) is 11.6. The van der Waals surface area contributed by atoms with E-state index in [4.69, 9.17) is 4.98 Å². The molecule has 0 saturated carbocycles. The molecule has 126 valence electrons. The fourth-order valence-electron chi connectivity index (χ4n) is 2.65. The van der Waals surface area contributed by atoms with Crippen molar-refractivity contribution in [2.45, 2.75) is 46.1 Å². The molecule has 5 nitrogen and oxygen atoms in total. The quantitative estimate of drug-likeness (QED) is 0.763. The van der Waals surface area contributed by atoms with E-state index in [2.05, 4.69) is 53.6 Å². The molecule has 0 amide bonds. The largest absolute Gasteiger partial charge is 0.363 e. The zero-order valence-electron chi connectivity index (χ0n) is 15.0. The second kappa shape index (κ2) is 6.59. The summed E-state index contributed by atoms with van der Waals surface area (Å²) < 4.78 is 2.12. The first-order valence-corrected chi connectivity index (χ1v) is 8.48. The Morgan fingerprint density at radius 3 is 2.42 bits per heavy atom. The van der Waals surface area contributed by atoms with Crippen LogP contribution in [0, 0.1) is 0 Å². The predicted octanol–water partition coefficient (Wildman–Crippen LogP) is 4.22. The Morgan fingerprint density at radius 1 is 1.00 bits per heavy atom. The highest BCUT2D eigenvalue weighted by Gasteiger charge is 2.12. The van der Waals surface area contributed by atoms with Crippen molar-refractivity contribution < 1.29 is 0 Å². The van der Waals surface area contributed by atoms with Crippen LogP contribution in [-0.2, 0) is 13.6 Å². The van der Waals surface area contributed by atoms with Gasteiger partial charge < -0.3 is 9.88 Å². The van der Waals surface area contributed by atoms with Crippen molar-refractivity contribution in [2.75, 3.05) is 5.32 Å². The van der Waals surface area contributed by atoms with Crippen LogP contribution in [0.3, 0.4) is 0 Å². The molecule has 1 N–H and O–H groups in total. The number of anilines is 1. The molecular weight excluding hydrogens is 298 g/mol. The van der Waals surface area contributed by atoms with Gasteiger partial charge in [0.15, 0.2) is 0 Å². The van der Waals surface area contributed by atoms with Crippen LogP contribution >= 0.6 is 0 Å². The third kappa shape index (κ3) is 3.25. The van der Waals surface area contributed by atoms with Gasteiger partial charge in [0.05, 0.1) is 17.6 Å². The fraction of sp³-hybridized carbons (Fsp3) is 0.421. The number of nitrogens with zero attached hydrogens (tertiary/aromatic N) is 4. The summed E-state index contributed by atoms with van der Waals surface area (Å²) in [5.41, 5.74) is 3.23. The summed E-state index contributed by atoms with van der Waals surface area (Å²) in [4.78, 5) is 14.0. The first-order valence-electron chi connectivity index (χ1n) is 8.48. The lowest BCUT2D eigenvalue weighted by Gasteiger charge is -2.13. The highest BCUT2D eigenvalue weighted by Crippen LogP contribution is 2.20. The molecule has 0 aliphatic heterocycles. The average molecular weight is 323 g/mol. The van der Waals surface area contributed by atoms with Crippen molar-refractivity contribution in [3.8, 4) is 0 Å². The molecule has 2 aromatic heterocycles. The van der Waals surface area contributed by atoms with Crippen molar-refractivity contribution >= 4 is 16.9 Å². The second-order valence-electron chi connectivity index (χ2n) is 6.77. The Labute approximate surface area is 143 Å². The molecule has 0 aliphatic carbocycles. The summed E-state index contributed by atoms with van der Waals surface area (Å²) in [6.45, 7) is 9.18. The Hall–Kier alpha value is -2.43. The number of para-hydroxylation sites is 2. The van der Waals surface area contributed by atoms with Gasteiger partial charge in [-0.1, -0.05) is 39.8 Å². The van der Waals surface area contributed by atoms with E-state index in [0.717, 1.165) is 34.2 Å². The molecular formula is C19H25N5. The molecule has 1 aromatic carbocycles. The van der Waals surface area contributed by atoms with Crippen molar-refractivity contribution in [1.29, 1.82) is 0 Å². The third-order valence-electron chi connectivity index (χ3n) is 4.18. The highest BCUT2D eigenvalue weighted by molar-refractivity contribution is 5.75. The summed E-state index contributed by atoms with van der Waals surface area (Å²) in [5, 5.41) is 3.42. The maximum absolute atomic E-state index is 4.70. The van der Waals surface area contributed by atoms with Crippen LogP contribution in [-0.4, -0.2) is 19.5 Å². The summed E-state index contributed by atoms with van der Waals surface area (Å²) in [6, 6.07) is 10.2. The van der Waals surface area contributed by atoms with Crippen LogP contribution in [0.5, 0.6) is 0 Å². The van der Waals surface area contributed by atoms with E-state index < -0.39 is 0 Å². The molecule has 3 aromatic rings. The smallest absolute Gasteiger partial charge is 0.133 e. The Balaban J connectivity index is 1.86. The maximum atomic E-state index is 4.70. The van der Waals surface area contributed by atoms with Gasteiger partial charge in [0, 0.05) is 24.7 Å². The van der Waals surface area contributed by atoms with Crippen LogP contribution in [0.2, 0.25) is 0 Å². The molecule has 2 heterocycles. The van der Waals surface area contributed by atoms with Gasteiger partial charge in [-0.25, -0.2) is 15.0 Å². The number of aryl methyl sites for hydroxylation is 1. The SMILES string of the molecule is CC(C)c1cc(NCc2nc3ccccc3n2C)nc(C(C)C)n1. The van der Waals surface area contributed by atoms with Crippen LogP contribution in [0.15, 0.2) is 30.3 Å². The lowest BCUT2D eigenvalue weighted by molar-refractivity contribution is 0.728. The molecule has 3 rings (SSSR count). The van der Waals surface area contributed by atoms with Crippen molar-refractivity contribution in [3.63, 3.8) is 0 Å². The van der Waals surface area contributed by atoms with Gasteiger partial charge in [-0.2, -0.15) is 0 Å². The number of aromatic nitrogens is 4. The van der Waals surface area contributed by atoms with E-state index in [0.29, 0.717) is 18.4 Å². The molecule has 0 unspecified atom stereocenters. The fourth-order valence-corrected chi connectivity index (χ4v) is 2.65. The zero-order chi connectivity index (χ0) is 17.3. The zero-order valence-corrected chi connectivity index (χ0v) is 15.0. The standard InChI is InChI=1S/C19H25N5/c1-12(2)15-10-17(23-19(22-15)13(3)4)20-11-18-21-14-8-6-7-9-16(14)24(18)5/h6-10,12-13H,11H2,1-5H3,(H,20,22,23). The third-order valence-corrected chi connectivity index (χ3v) is 4.18. The van der Waals surface area contributed by atoms with Gasteiger partial charge in [-0.3, -0.25) is 0 Å². The number of benzene rings is 1. The van der Waals surface area contributed by atoms with Crippen molar-refractivity contribution in [3.05, 3.63) is 47.7 Å². The molecule has 0 aliphatic rings. The molecule has 5 heteroatoms. The van der Waals surface area contributed by atoms with E-state index in [1.54, 1.807) is 0 Å². The van der Waals surface area contributed by atoms with E-state index >= 15 is 0 Å². The summed E-state index contributed by atoms with van der Waals surface area (Å²) in [7, 11) is 2.05. The van der Waals surface area contributed by atoms with Gasteiger partial charge in [-0.05, 0) is 18.1 Å². The number of nitrogens with one attached hydrogen (secondary N) is 1. The number of rotatable bonds is 5. The summed E-state index contributed by atoms with van der Waals surface area (Å²) in [5.74, 6) is 3.42. The topological polar surface area (TPSA) is 55.6 Å². The minimum Gasteiger partial charge on any atom is -0.363 e. The average Bonchev–Trinajstić information content (AvgIpc) is 2.89. The molecule has 0 atom stereocenters. The van der Waals surface area contributed by atoms with Crippen LogP contribution in [0.1, 0.15) is 56.9 Å². The Kier molecular flexibility index (Phi) is 4.51. The predicted molar refractivity (Wildman–Crippen MR) is 98.3 cm³/mol. The van der Waals surface area contributed by atoms with Crippen molar-refractivity contribution in [2.24, 2.45) is 7.05 Å². The van der Waals surface area contributed by atoms with E-state index in [1.807, 2.05) is 31.3 Å². The summed E-state index contributed by atoms with van der Waals surface area (Å²) >= 11 is 0. The number of imidazole rings is 1. The van der Waals surface area contributed by atoms with Gasteiger partial charge in [-0.15, -0.1) is 0 Å². The first kappa shape index (κ1) is 16.4. The van der Waals surface area contributed by atoms with Gasteiger partial charge in [0.25, 0.3) is 0 Å². The lowest BCUT2D eigenvalue weighted by Crippen LogP contribution is -2.10. The molecule has 0 fully saturated rings. The number of hydrogen-bond acceptors (Lipinski definition) is 4. The minimum absolute atomic E-state index is 0.306. The van der Waals surface area contributed by atoms with E-state index in [1.165, 1.54) is 0 Å². The van der Waals surface area contributed by atoms with Crippen LogP contribution in [0.25, 0.3) is 11.0 Å². The molecule has 0 saturated heterocycles. The van der Waals surface area contributed by atoms with Gasteiger partial charge in [0.2, 0.25) is 0 Å². The Morgan fingerprint density at radius 2 is 1.75 bits per heavy atom. The molecule has 0 radical (unpaired) electrons. The number of hydrogen-bond donors (Lipinski definition) is 1. The first-order chi connectivity index (χ1) is 11.5. The highest BCUT2D eigenvalue weighted by atomic mass is 15.1. The van der Waals surface area contributed by atoms with E-state index in [-0.39, 0.29) is 0 Å². The van der Waals surface area contributed by atoms with Crippen LogP contribution in [0.4, 0.5) is 5.82 Å². The summed E-state index contributed by atoms with van der Waals surface area (Å²) in [6.07, 6.45) is 0. The van der Waals surface area contributed by atoms with Crippen LogP contribution < -0.4 is 5.32 Å². The van der Waals surface area contributed by atoms with E-state index in [9.17, 15) is 0 Å². The Bertz CT molecular complexity index is 822. The second-order valence-corrected chi connectivity index (χ2v) is 6.77. The monoisotopic (exact) mass is 323 g/mol. The minimum atomic E-state index is 0.306. The number of fused-ring (bicyclic) bond motifs is 1. The van der Waals surface area contributed by atoms with Gasteiger partial charge in [0.1, 0.15) is 17.5 Å². The lowest BCUT2D eigenvalue weighted by atomic mass is 10.1. The van der Waals surface area contributed by atoms with Gasteiger partial charge >= 0.3 is 0 Å². The molecule has 0 bridgehead atoms. The van der Waals surface area contributed by atoms with Crippen molar-refractivity contribution in [1.82, 2.24) is 19.5 Å².